The summed E-state index contributed by atoms with van der Waals surface area (Å²) >= 11 is 11.8. The SMILES string of the molecule is CC(NC(=O)c1ccccc1CC(Cl)C#N)c1ccc(Cl)cc1. The van der Waals surface area contributed by atoms with E-state index >= 15 is 0 Å². The molecule has 0 aliphatic carbocycles. The molecule has 3 nitrogen and oxygen atoms in total. The lowest BCUT2D eigenvalue weighted by molar-refractivity contribution is 0.0939. The monoisotopic (exact) mass is 346 g/mol. The van der Waals surface area contributed by atoms with Gasteiger partial charge in [0.2, 0.25) is 0 Å². The number of nitrogens with one attached hydrogen (secondary N) is 1. The van der Waals surface area contributed by atoms with E-state index in [0.29, 0.717) is 17.0 Å². The Labute approximate surface area is 145 Å². The van der Waals surface area contributed by atoms with Gasteiger partial charge in [0.1, 0.15) is 5.38 Å². The van der Waals surface area contributed by atoms with E-state index in [1.165, 1.54) is 0 Å². The lowest BCUT2D eigenvalue weighted by Crippen LogP contribution is -2.27. The summed E-state index contributed by atoms with van der Waals surface area (Å²) in [6.07, 6.45) is 0.330. The zero-order chi connectivity index (χ0) is 16.8. The van der Waals surface area contributed by atoms with Crippen molar-refractivity contribution < 1.29 is 4.79 Å². The second-order valence-corrected chi connectivity index (χ2v) is 6.17. The minimum absolute atomic E-state index is 0.157. The average Bonchev–Trinajstić information content (AvgIpc) is 2.55. The van der Waals surface area contributed by atoms with Crippen molar-refractivity contribution in [2.24, 2.45) is 0 Å². The Kier molecular flexibility index (Phi) is 6.04. The summed E-state index contributed by atoms with van der Waals surface area (Å²) < 4.78 is 0. The first-order valence-corrected chi connectivity index (χ1v) is 8.00. The Morgan fingerprint density at radius 3 is 2.52 bits per heavy atom. The number of hydrogen-bond donors (Lipinski definition) is 1. The van der Waals surface area contributed by atoms with Crippen molar-refractivity contribution in [3.63, 3.8) is 0 Å². The Morgan fingerprint density at radius 2 is 1.87 bits per heavy atom. The number of rotatable bonds is 5. The molecule has 23 heavy (non-hydrogen) atoms. The van der Waals surface area contributed by atoms with Crippen LogP contribution in [0.2, 0.25) is 5.02 Å². The van der Waals surface area contributed by atoms with E-state index in [9.17, 15) is 4.79 Å². The highest BCUT2D eigenvalue weighted by molar-refractivity contribution is 6.30. The van der Waals surface area contributed by atoms with Crippen molar-refractivity contribution in [3.05, 3.63) is 70.2 Å². The molecule has 0 saturated carbocycles. The first-order chi connectivity index (χ1) is 11.0. The van der Waals surface area contributed by atoms with Crippen LogP contribution in [0.25, 0.3) is 0 Å². The smallest absolute Gasteiger partial charge is 0.252 e. The number of amides is 1. The molecule has 0 aromatic heterocycles. The van der Waals surface area contributed by atoms with Gasteiger partial charge in [0.05, 0.1) is 12.1 Å². The van der Waals surface area contributed by atoms with Crippen LogP contribution in [0.15, 0.2) is 48.5 Å². The molecule has 0 saturated heterocycles. The summed E-state index contributed by atoms with van der Waals surface area (Å²) in [6, 6.07) is 16.3. The molecule has 2 aromatic carbocycles. The van der Waals surface area contributed by atoms with E-state index < -0.39 is 5.38 Å². The predicted octanol–water partition coefficient (Wildman–Crippen LogP) is 4.50. The summed E-state index contributed by atoms with van der Waals surface area (Å²) in [5, 5.41) is 11.8. The third-order valence-electron chi connectivity index (χ3n) is 3.52. The standard InChI is InChI=1S/C18H16Cl2N2O/c1-12(13-6-8-15(19)9-7-13)22-18(23)17-5-3-2-4-14(17)10-16(20)11-21/h2-9,12,16H,10H2,1H3,(H,22,23). The molecule has 2 unspecified atom stereocenters. The Hall–Kier alpha value is -2.02. The third kappa shape index (κ3) is 4.72. The van der Waals surface area contributed by atoms with E-state index in [4.69, 9.17) is 28.5 Å². The summed E-state index contributed by atoms with van der Waals surface area (Å²) in [6.45, 7) is 1.91. The molecule has 0 spiro atoms. The maximum atomic E-state index is 12.5. The van der Waals surface area contributed by atoms with E-state index in [1.807, 2.05) is 37.3 Å². The quantitative estimate of drug-likeness (QED) is 0.810. The van der Waals surface area contributed by atoms with Crippen LogP contribution in [0.5, 0.6) is 0 Å². The van der Waals surface area contributed by atoms with Crippen LogP contribution < -0.4 is 5.32 Å². The number of carbonyl (C=O) groups excluding carboxylic acids is 1. The van der Waals surface area contributed by atoms with Gasteiger partial charge in [-0.05, 0) is 36.2 Å². The van der Waals surface area contributed by atoms with E-state index in [0.717, 1.165) is 11.1 Å². The van der Waals surface area contributed by atoms with Crippen molar-refractivity contribution in [1.82, 2.24) is 5.32 Å². The summed E-state index contributed by atoms with van der Waals surface area (Å²) in [4.78, 5) is 12.5. The number of carbonyl (C=O) groups is 1. The first-order valence-electron chi connectivity index (χ1n) is 7.19. The molecule has 1 N–H and O–H groups in total. The molecular weight excluding hydrogens is 331 g/mol. The van der Waals surface area contributed by atoms with E-state index in [-0.39, 0.29) is 11.9 Å². The maximum absolute atomic E-state index is 12.5. The van der Waals surface area contributed by atoms with Gasteiger partial charge >= 0.3 is 0 Å². The Morgan fingerprint density at radius 1 is 1.22 bits per heavy atom. The van der Waals surface area contributed by atoms with Gasteiger partial charge in [-0.25, -0.2) is 0 Å². The van der Waals surface area contributed by atoms with Gasteiger partial charge in [0, 0.05) is 17.0 Å². The van der Waals surface area contributed by atoms with Gasteiger partial charge in [-0.2, -0.15) is 5.26 Å². The van der Waals surface area contributed by atoms with Crippen LogP contribution in [-0.2, 0) is 6.42 Å². The number of benzene rings is 2. The van der Waals surface area contributed by atoms with Crippen LogP contribution in [0.3, 0.4) is 0 Å². The molecule has 2 aromatic rings. The highest BCUT2D eigenvalue weighted by Crippen LogP contribution is 2.18. The fraction of sp³-hybridized carbons (Fsp3) is 0.222. The van der Waals surface area contributed by atoms with Crippen LogP contribution in [0.4, 0.5) is 0 Å². The number of nitriles is 1. The molecule has 1 amide bonds. The predicted molar refractivity (Wildman–Crippen MR) is 92.7 cm³/mol. The topological polar surface area (TPSA) is 52.9 Å². The highest BCUT2D eigenvalue weighted by atomic mass is 35.5. The number of nitrogens with zero attached hydrogens (tertiary/aromatic N) is 1. The van der Waals surface area contributed by atoms with Gasteiger partial charge in [-0.15, -0.1) is 11.6 Å². The van der Waals surface area contributed by atoms with Crippen molar-refractivity contribution in [1.29, 1.82) is 5.26 Å². The summed E-state index contributed by atoms with van der Waals surface area (Å²) in [5.74, 6) is -0.190. The molecule has 0 fully saturated rings. The molecular formula is C18H16Cl2N2O. The molecule has 0 aliphatic rings. The minimum atomic E-state index is -0.655. The van der Waals surface area contributed by atoms with Crippen LogP contribution in [-0.4, -0.2) is 11.3 Å². The van der Waals surface area contributed by atoms with Crippen molar-refractivity contribution >= 4 is 29.1 Å². The van der Waals surface area contributed by atoms with Crippen molar-refractivity contribution in [2.45, 2.75) is 24.8 Å². The number of alkyl halides is 1. The number of halogens is 2. The van der Waals surface area contributed by atoms with Crippen LogP contribution in [0.1, 0.15) is 34.5 Å². The molecule has 0 bridgehead atoms. The molecule has 0 aliphatic heterocycles. The Bertz CT molecular complexity index is 723. The van der Waals surface area contributed by atoms with Gasteiger partial charge in [0.15, 0.2) is 0 Å². The molecule has 2 atom stereocenters. The highest BCUT2D eigenvalue weighted by Gasteiger charge is 2.16. The molecule has 5 heteroatoms. The van der Waals surface area contributed by atoms with Gasteiger partial charge < -0.3 is 5.32 Å². The first kappa shape index (κ1) is 17.3. The largest absolute Gasteiger partial charge is 0.346 e. The molecule has 2 rings (SSSR count). The normalized spacial score (nSPS) is 13.0. The van der Waals surface area contributed by atoms with Crippen LogP contribution >= 0.6 is 23.2 Å². The molecule has 118 valence electrons. The number of hydrogen-bond acceptors (Lipinski definition) is 2. The maximum Gasteiger partial charge on any atom is 0.252 e. The average molecular weight is 347 g/mol. The summed E-state index contributed by atoms with van der Waals surface area (Å²) in [7, 11) is 0. The van der Waals surface area contributed by atoms with Gasteiger partial charge in [-0.3, -0.25) is 4.79 Å². The van der Waals surface area contributed by atoms with Crippen molar-refractivity contribution in [3.8, 4) is 6.07 Å². The van der Waals surface area contributed by atoms with E-state index in [2.05, 4.69) is 5.32 Å². The van der Waals surface area contributed by atoms with Crippen LogP contribution in [0, 0.1) is 11.3 Å². The van der Waals surface area contributed by atoms with Crippen molar-refractivity contribution in [2.75, 3.05) is 0 Å². The Balaban J connectivity index is 2.14. The van der Waals surface area contributed by atoms with Gasteiger partial charge in [0.25, 0.3) is 5.91 Å². The zero-order valence-electron chi connectivity index (χ0n) is 12.6. The summed E-state index contributed by atoms with van der Waals surface area (Å²) in [5.41, 5.74) is 2.26. The third-order valence-corrected chi connectivity index (χ3v) is 4.02. The second kappa shape index (κ2) is 8.01. The molecule has 0 radical (unpaired) electrons. The molecule has 0 heterocycles. The van der Waals surface area contributed by atoms with Gasteiger partial charge in [-0.1, -0.05) is 41.9 Å². The second-order valence-electron chi connectivity index (χ2n) is 5.20. The minimum Gasteiger partial charge on any atom is -0.346 e. The zero-order valence-corrected chi connectivity index (χ0v) is 14.1. The fourth-order valence-electron chi connectivity index (χ4n) is 2.27. The lowest BCUT2D eigenvalue weighted by Gasteiger charge is -2.16. The lowest BCUT2D eigenvalue weighted by atomic mass is 10.0. The van der Waals surface area contributed by atoms with E-state index in [1.54, 1.807) is 24.3 Å². The fourth-order valence-corrected chi connectivity index (χ4v) is 2.56.